The highest BCUT2D eigenvalue weighted by molar-refractivity contribution is 6.05. The van der Waals surface area contributed by atoms with Crippen LogP contribution < -0.4 is 14.8 Å². The molecule has 0 fully saturated rings. The predicted molar refractivity (Wildman–Crippen MR) is 123 cm³/mol. The number of amides is 3. The van der Waals surface area contributed by atoms with Crippen LogP contribution in [0.2, 0.25) is 0 Å². The molecule has 0 spiro atoms. The second-order valence-electron chi connectivity index (χ2n) is 7.67. The third-order valence-electron chi connectivity index (χ3n) is 5.39. The fraction of sp³-hybridized carbons (Fsp3) is 0.375. The number of methoxy groups -OCH3 is 2. The average Bonchev–Trinajstić information content (AvgIpc) is 3.24. The lowest BCUT2D eigenvalue weighted by molar-refractivity contribution is -0.133. The molecule has 1 unspecified atom stereocenters. The Kier molecular flexibility index (Phi) is 7.35. The summed E-state index contributed by atoms with van der Waals surface area (Å²) in [5.41, 5.74) is 3.66. The zero-order valence-corrected chi connectivity index (χ0v) is 19.2. The van der Waals surface area contributed by atoms with Crippen LogP contribution >= 0.6 is 0 Å². The lowest BCUT2D eigenvalue weighted by atomic mass is 9.97. The van der Waals surface area contributed by atoms with Crippen molar-refractivity contribution in [1.82, 2.24) is 15.2 Å². The SMILES string of the molecule is CCNC(=O)N(C)CC(=O)N1N=C(c2ccc(OC)cc2OC)CC1c1ccc(C)cc1. The van der Waals surface area contributed by atoms with Gasteiger partial charge in [0.25, 0.3) is 5.91 Å². The summed E-state index contributed by atoms with van der Waals surface area (Å²) >= 11 is 0. The Hall–Kier alpha value is -3.55. The molecule has 170 valence electrons. The average molecular weight is 439 g/mol. The molecule has 8 nitrogen and oxygen atoms in total. The summed E-state index contributed by atoms with van der Waals surface area (Å²) in [6.45, 7) is 4.27. The van der Waals surface area contributed by atoms with E-state index < -0.39 is 0 Å². The molecule has 2 aromatic rings. The number of likely N-dealkylation sites (N-methyl/N-ethyl adjacent to an activating group) is 1. The monoisotopic (exact) mass is 438 g/mol. The summed E-state index contributed by atoms with van der Waals surface area (Å²) in [4.78, 5) is 26.6. The van der Waals surface area contributed by atoms with Crippen LogP contribution in [-0.2, 0) is 4.79 Å². The first kappa shape index (κ1) is 23.1. The van der Waals surface area contributed by atoms with Crippen molar-refractivity contribution in [2.24, 2.45) is 5.10 Å². The number of carbonyl (C=O) groups excluding carboxylic acids is 2. The van der Waals surface area contributed by atoms with Gasteiger partial charge in [0.15, 0.2) is 0 Å². The first-order chi connectivity index (χ1) is 15.4. The van der Waals surface area contributed by atoms with Gasteiger partial charge in [0.2, 0.25) is 0 Å². The molecule has 0 radical (unpaired) electrons. The number of hydrogen-bond donors (Lipinski definition) is 1. The maximum Gasteiger partial charge on any atom is 0.317 e. The van der Waals surface area contributed by atoms with E-state index in [0.717, 1.165) is 22.4 Å². The molecule has 0 saturated heterocycles. The summed E-state index contributed by atoms with van der Waals surface area (Å²) in [5.74, 6) is 1.04. The molecule has 3 amide bonds. The van der Waals surface area contributed by atoms with Crippen LogP contribution in [-0.4, -0.2) is 61.9 Å². The molecule has 0 aromatic heterocycles. The van der Waals surface area contributed by atoms with Gasteiger partial charge in [-0.3, -0.25) is 4.79 Å². The van der Waals surface area contributed by atoms with Crippen LogP contribution in [0.25, 0.3) is 0 Å². The first-order valence-electron chi connectivity index (χ1n) is 10.5. The number of benzene rings is 2. The summed E-state index contributed by atoms with van der Waals surface area (Å²) < 4.78 is 10.8. The van der Waals surface area contributed by atoms with Crippen LogP contribution in [0.4, 0.5) is 4.79 Å². The molecule has 0 aliphatic carbocycles. The van der Waals surface area contributed by atoms with Gasteiger partial charge in [0.1, 0.15) is 18.0 Å². The van der Waals surface area contributed by atoms with Gasteiger partial charge < -0.3 is 19.7 Å². The Bertz CT molecular complexity index is 1000. The van der Waals surface area contributed by atoms with Crippen LogP contribution in [0.5, 0.6) is 11.5 Å². The van der Waals surface area contributed by atoms with E-state index in [0.29, 0.717) is 24.5 Å². The van der Waals surface area contributed by atoms with Crippen molar-refractivity contribution in [1.29, 1.82) is 0 Å². The van der Waals surface area contributed by atoms with E-state index in [1.54, 1.807) is 27.3 Å². The molecule has 32 heavy (non-hydrogen) atoms. The summed E-state index contributed by atoms with van der Waals surface area (Å²) in [6.07, 6.45) is 0.530. The fourth-order valence-corrected chi connectivity index (χ4v) is 3.62. The van der Waals surface area contributed by atoms with Gasteiger partial charge in [-0.15, -0.1) is 0 Å². The number of aryl methyl sites for hydroxylation is 1. The number of nitrogens with zero attached hydrogens (tertiary/aromatic N) is 3. The van der Waals surface area contributed by atoms with Crippen molar-refractivity contribution in [3.63, 3.8) is 0 Å². The van der Waals surface area contributed by atoms with Crippen molar-refractivity contribution >= 4 is 17.6 Å². The maximum atomic E-state index is 13.2. The Labute approximate surface area is 188 Å². The van der Waals surface area contributed by atoms with Gasteiger partial charge in [-0.25, -0.2) is 9.80 Å². The molecule has 1 N–H and O–H groups in total. The van der Waals surface area contributed by atoms with Crippen LogP contribution in [0.1, 0.15) is 36.1 Å². The fourth-order valence-electron chi connectivity index (χ4n) is 3.62. The largest absolute Gasteiger partial charge is 0.497 e. The number of urea groups is 1. The Morgan fingerprint density at radius 2 is 1.88 bits per heavy atom. The molecule has 0 saturated carbocycles. The molecule has 0 bridgehead atoms. The Morgan fingerprint density at radius 1 is 1.16 bits per heavy atom. The molecule has 1 heterocycles. The smallest absolute Gasteiger partial charge is 0.317 e. The summed E-state index contributed by atoms with van der Waals surface area (Å²) in [6, 6.07) is 13.0. The lowest BCUT2D eigenvalue weighted by Crippen LogP contribution is -2.43. The van der Waals surface area contributed by atoms with E-state index in [4.69, 9.17) is 9.47 Å². The quantitative estimate of drug-likeness (QED) is 0.719. The van der Waals surface area contributed by atoms with Gasteiger partial charge in [0, 0.05) is 31.6 Å². The number of hydrogen-bond acceptors (Lipinski definition) is 5. The Balaban J connectivity index is 1.94. The third kappa shape index (κ3) is 5.01. The number of rotatable bonds is 7. The van der Waals surface area contributed by atoms with Crippen LogP contribution in [0.15, 0.2) is 47.6 Å². The number of nitrogens with one attached hydrogen (secondary N) is 1. The first-order valence-corrected chi connectivity index (χ1v) is 10.5. The zero-order valence-electron chi connectivity index (χ0n) is 19.2. The minimum absolute atomic E-state index is 0.0786. The summed E-state index contributed by atoms with van der Waals surface area (Å²) in [5, 5.41) is 8.87. The van der Waals surface area contributed by atoms with Crippen molar-refractivity contribution in [3.8, 4) is 11.5 Å². The number of hydrazone groups is 1. The van der Waals surface area contributed by atoms with E-state index in [2.05, 4.69) is 10.4 Å². The molecule has 8 heteroatoms. The van der Waals surface area contributed by atoms with E-state index >= 15 is 0 Å². The highest BCUT2D eigenvalue weighted by Crippen LogP contribution is 2.36. The van der Waals surface area contributed by atoms with Crippen LogP contribution in [0, 0.1) is 6.92 Å². The topological polar surface area (TPSA) is 83.5 Å². The molecule has 1 aliphatic heterocycles. The van der Waals surface area contributed by atoms with Crippen molar-refractivity contribution in [2.75, 3.05) is 34.4 Å². The molecular formula is C24H30N4O4. The molecule has 1 aliphatic rings. The second-order valence-corrected chi connectivity index (χ2v) is 7.67. The zero-order chi connectivity index (χ0) is 23.3. The van der Waals surface area contributed by atoms with Gasteiger partial charge >= 0.3 is 6.03 Å². The third-order valence-corrected chi connectivity index (χ3v) is 5.39. The minimum Gasteiger partial charge on any atom is -0.497 e. The minimum atomic E-state index is -0.298. The highest BCUT2D eigenvalue weighted by atomic mass is 16.5. The second kappa shape index (κ2) is 10.2. The number of carbonyl (C=O) groups is 2. The van der Waals surface area contributed by atoms with E-state index in [1.165, 1.54) is 9.91 Å². The molecule has 3 rings (SSSR count). The normalized spacial score (nSPS) is 15.2. The summed E-state index contributed by atoms with van der Waals surface area (Å²) in [7, 11) is 4.78. The predicted octanol–water partition coefficient (Wildman–Crippen LogP) is 3.35. The van der Waals surface area contributed by atoms with E-state index in [9.17, 15) is 9.59 Å². The highest BCUT2D eigenvalue weighted by Gasteiger charge is 2.34. The van der Waals surface area contributed by atoms with E-state index in [-0.39, 0.29) is 24.5 Å². The molecular weight excluding hydrogens is 408 g/mol. The van der Waals surface area contributed by atoms with Crippen molar-refractivity contribution < 1.29 is 19.1 Å². The number of ether oxygens (including phenoxy) is 2. The van der Waals surface area contributed by atoms with Crippen molar-refractivity contribution in [3.05, 3.63) is 59.2 Å². The standard InChI is InChI=1S/C24H30N4O4/c1-6-25-24(30)27(3)15-23(29)28-21(17-9-7-16(2)8-10-17)14-20(26-28)19-12-11-18(31-4)13-22(19)32-5/h7-13,21H,6,14-15H2,1-5H3,(H,25,30). The van der Waals surface area contributed by atoms with E-state index in [1.807, 2.05) is 50.2 Å². The van der Waals surface area contributed by atoms with Gasteiger partial charge in [0.05, 0.1) is 26.0 Å². The Morgan fingerprint density at radius 3 is 2.50 bits per heavy atom. The lowest BCUT2D eigenvalue weighted by Gasteiger charge is -2.25. The van der Waals surface area contributed by atoms with Crippen molar-refractivity contribution in [2.45, 2.75) is 26.3 Å². The van der Waals surface area contributed by atoms with Gasteiger partial charge in [-0.2, -0.15) is 5.10 Å². The van der Waals surface area contributed by atoms with Crippen LogP contribution in [0.3, 0.4) is 0 Å². The molecule has 2 aromatic carbocycles. The maximum absolute atomic E-state index is 13.2. The van der Waals surface area contributed by atoms with Gasteiger partial charge in [-0.1, -0.05) is 29.8 Å². The molecule has 1 atom stereocenters. The van der Waals surface area contributed by atoms with Gasteiger partial charge in [-0.05, 0) is 31.5 Å².